The first-order valence-electron chi connectivity index (χ1n) is 18.9. The van der Waals surface area contributed by atoms with Crippen LogP contribution < -0.4 is 0 Å². The van der Waals surface area contributed by atoms with E-state index >= 15 is 0 Å². The van der Waals surface area contributed by atoms with Gasteiger partial charge < -0.3 is 20.4 Å². The van der Waals surface area contributed by atoms with Crippen molar-refractivity contribution in [1.29, 1.82) is 0 Å². The molecular formula is C48H54O4. The zero-order valence-corrected chi connectivity index (χ0v) is 30.5. The second kappa shape index (κ2) is 15.7. The lowest BCUT2D eigenvalue weighted by Crippen LogP contribution is -2.39. The van der Waals surface area contributed by atoms with Crippen molar-refractivity contribution in [2.24, 2.45) is 11.8 Å². The predicted molar refractivity (Wildman–Crippen MR) is 214 cm³/mol. The van der Waals surface area contributed by atoms with Crippen molar-refractivity contribution in [1.82, 2.24) is 0 Å². The zero-order chi connectivity index (χ0) is 36.9. The average molecular weight is 695 g/mol. The predicted octanol–water partition coefficient (Wildman–Crippen LogP) is 11.1. The van der Waals surface area contributed by atoms with E-state index in [0.29, 0.717) is 60.5 Å². The van der Waals surface area contributed by atoms with Crippen LogP contribution in [-0.2, 0) is 36.5 Å². The summed E-state index contributed by atoms with van der Waals surface area (Å²) in [6.45, 7) is 15.7. The van der Waals surface area contributed by atoms with Crippen LogP contribution in [0, 0.1) is 11.8 Å². The topological polar surface area (TPSA) is 80.9 Å². The molecule has 4 aromatic carbocycles. The van der Waals surface area contributed by atoms with Gasteiger partial charge in [0.05, 0.1) is 0 Å². The lowest BCUT2D eigenvalue weighted by atomic mass is 9.57. The highest BCUT2D eigenvalue weighted by Crippen LogP contribution is 2.54. The number of benzene rings is 4. The van der Waals surface area contributed by atoms with Crippen LogP contribution in [0.2, 0.25) is 0 Å². The third kappa shape index (κ3) is 7.08. The van der Waals surface area contributed by atoms with Crippen LogP contribution in [0.25, 0.3) is 0 Å². The molecule has 4 N–H and O–H groups in total. The van der Waals surface area contributed by atoms with Crippen molar-refractivity contribution < 1.29 is 20.4 Å². The van der Waals surface area contributed by atoms with Crippen LogP contribution in [0.3, 0.4) is 0 Å². The molecule has 2 aliphatic carbocycles. The molecule has 0 heterocycles. The van der Waals surface area contributed by atoms with Gasteiger partial charge in [-0.25, -0.2) is 0 Å². The molecule has 52 heavy (non-hydrogen) atoms. The van der Waals surface area contributed by atoms with Gasteiger partial charge in [0.25, 0.3) is 0 Å². The Balaban J connectivity index is 1.30. The molecule has 2 fully saturated rings. The van der Waals surface area contributed by atoms with Gasteiger partial charge in [0.2, 0.25) is 0 Å². The number of allylic oxidation sites excluding steroid dienone is 4. The third-order valence-electron chi connectivity index (χ3n) is 12.4. The van der Waals surface area contributed by atoms with Crippen LogP contribution in [0.5, 0.6) is 23.0 Å². The number of phenols is 4. The molecule has 0 aliphatic heterocycles. The fourth-order valence-electron chi connectivity index (χ4n) is 9.51. The van der Waals surface area contributed by atoms with Crippen molar-refractivity contribution in [2.45, 2.75) is 87.9 Å². The molecule has 4 nitrogen and oxygen atoms in total. The Hall–Kier alpha value is -4.96. The molecule has 0 unspecified atom stereocenters. The number of hydrogen-bond donors (Lipinski definition) is 4. The van der Waals surface area contributed by atoms with Crippen LogP contribution in [0.4, 0.5) is 0 Å². The molecule has 0 aromatic heterocycles. The van der Waals surface area contributed by atoms with Crippen LogP contribution in [0.1, 0.15) is 95.9 Å². The summed E-state index contributed by atoms with van der Waals surface area (Å²) in [7, 11) is 0. The van der Waals surface area contributed by atoms with Gasteiger partial charge in [-0.2, -0.15) is 0 Å². The SMILES string of the molecule is C=CCc1cc(C2(c3ccc(O)c(CC=C)c3)CCC(C3CCC(c4ccc(O)c(CC=C)c4)(c4ccc(O)c(CC=C)c4)CC3)CC2)ccc1O. The minimum Gasteiger partial charge on any atom is -0.508 e. The molecule has 2 aliphatic rings. The minimum absolute atomic E-state index is 0.233. The molecule has 0 bridgehead atoms. The summed E-state index contributed by atoms with van der Waals surface area (Å²) in [6, 6.07) is 24.4. The summed E-state index contributed by atoms with van der Waals surface area (Å²) in [5.74, 6) is 2.37. The average Bonchev–Trinajstić information content (AvgIpc) is 3.16. The first-order chi connectivity index (χ1) is 25.2. The number of phenolic OH excluding ortho intramolecular Hbond substituents is 4. The number of rotatable bonds is 13. The molecule has 4 aromatic rings. The summed E-state index contributed by atoms with van der Waals surface area (Å²) in [4.78, 5) is 0. The summed E-state index contributed by atoms with van der Waals surface area (Å²) in [6.07, 6.45) is 18.1. The Kier molecular flexibility index (Phi) is 11.1. The van der Waals surface area contributed by atoms with E-state index < -0.39 is 0 Å². The second-order valence-corrected chi connectivity index (χ2v) is 15.2. The standard InChI is InChI=1S/C48H54O4/c1-5-9-35-29-39(13-17-43(35)49)47(40-14-18-44(50)36(30-40)10-6-2)25-21-33(22-26-47)34-23-27-48(28-24-34,41-15-19-45(51)37(31-41)11-7-3)42-16-20-46(52)38(32-42)12-8-4/h5-8,13-20,29-34,49-52H,1-4,9-12,21-28H2. The second-order valence-electron chi connectivity index (χ2n) is 15.2. The zero-order valence-electron chi connectivity index (χ0n) is 30.5. The van der Waals surface area contributed by atoms with Gasteiger partial charge in [-0.05, 0) is 158 Å². The van der Waals surface area contributed by atoms with Gasteiger partial charge in [0.15, 0.2) is 0 Å². The highest BCUT2D eigenvalue weighted by atomic mass is 16.3. The Bertz CT molecular complexity index is 1670. The van der Waals surface area contributed by atoms with E-state index in [2.05, 4.69) is 74.8 Å². The molecule has 0 atom stereocenters. The number of hydrogen-bond acceptors (Lipinski definition) is 4. The fraction of sp³-hybridized carbons (Fsp3) is 0.333. The van der Waals surface area contributed by atoms with Gasteiger partial charge in [-0.1, -0.05) is 72.8 Å². The Morgan fingerprint density at radius 1 is 0.423 bits per heavy atom. The largest absolute Gasteiger partial charge is 0.508 e. The maximum Gasteiger partial charge on any atom is 0.119 e. The van der Waals surface area contributed by atoms with E-state index in [1.165, 1.54) is 22.3 Å². The van der Waals surface area contributed by atoms with E-state index in [0.717, 1.165) is 73.6 Å². The fourth-order valence-corrected chi connectivity index (χ4v) is 9.51. The van der Waals surface area contributed by atoms with Gasteiger partial charge in [0.1, 0.15) is 23.0 Å². The van der Waals surface area contributed by atoms with Crippen molar-refractivity contribution in [2.75, 3.05) is 0 Å². The lowest BCUT2D eigenvalue weighted by molar-refractivity contribution is 0.140. The van der Waals surface area contributed by atoms with Crippen molar-refractivity contribution in [3.8, 4) is 23.0 Å². The van der Waals surface area contributed by atoms with Gasteiger partial charge in [0, 0.05) is 10.8 Å². The maximum atomic E-state index is 10.7. The van der Waals surface area contributed by atoms with Crippen molar-refractivity contribution in [3.63, 3.8) is 0 Å². The molecule has 0 radical (unpaired) electrons. The Morgan fingerprint density at radius 2 is 0.654 bits per heavy atom. The Morgan fingerprint density at radius 3 is 0.865 bits per heavy atom. The molecule has 6 rings (SSSR count). The van der Waals surface area contributed by atoms with Crippen LogP contribution in [0.15, 0.2) is 123 Å². The van der Waals surface area contributed by atoms with E-state index in [1.807, 2.05) is 48.6 Å². The van der Waals surface area contributed by atoms with Gasteiger partial charge in [-0.3, -0.25) is 0 Å². The monoisotopic (exact) mass is 694 g/mol. The third-order valence-corrected chi connectivity index (χ3v) is 12.4. The maximum absolute atomic E-state index is 10.7. The minimum atomic E-state index is -0.233. The molecule has 0 spiro atoms. The molecular weight excluding hydrogens is 641 g/mol. The molecule has 0 saturated heterocycles. The van der Waals surface area contributed by atoms with Gasteiger partial charge in [-0.15, -0.1) is 26.3 Å². The Labute approximate surface area is 310 Å². The van der Waals surface area contributed by atoms with Crippen LogP contribution in [-0.4, -0.2) is 20.4 Å². The summed E-state index contributed by atoms with van der Waals surface area (Å²) in [5, 5.41) is 42.7. The molecule has 0 amide bonds. The molecule has 2 saturated carbocycles. The molecule has 4 heteroatoms. The van der Waals surface area contributed by atoms with E-state index in [-0.39, 0.29) is 10.8 Å². The summed E-state index contributed by atoms with van der Waals surface area (Å²) >= 11 is 0. The van der Waals surface area contributed by atoms with Gasteiger partial charge >= 0.3 is 0 Å². The highest BCUT2D eigenvalue weighted by Gasteiger charge is 2.44. The first-order valence-corrected chi connectivity index (χ1v) is 18.9. The molecule has 270 valence electrons. The van der Waals surface area contributed by atoms with E-state index in [9.17, 15) is 20.4 Å². The normalized spacial score (nSPS) is 17.3. The first kappa shape index (κ1) is 36.8. The lowest BCUT2D eigenvalue weighted by Gasteiger charge is -2.47. The quantitative estimate of drug-likeness (QED) is 0.105. The van der Waals surface area contributed by atoms with E-state index in [4.69, 9.17) is 0 Å². The van der Waals surface area contributed by atoms with Crippen molar-refractivity contribution in [3.05, 3.63) is 168 Å². The number of aromatic hydroxyl groups is 4. The summed E-state index contributed by atoms with van der Waals surface area (Å²) < 4.78 is 0. The van der Waals surface area contributed by atoms with E-state index in [1.54, 1.807) is 0 Å². The van der Waals surface area contributed by atoms with Crippen LogP contribution >= 0.6 is 0 Å². The smallest absolute Gasteiger partial charge is 0.119 e. The highest BCUT2D eigenvalue weighted by molar-refractivity contribution is 5.51. The van der Waals surface area contributed by atoms with Crippen molar-refractivity contribution >= 4 is 0 Å². The summed E-state index contributed by atoms with van der Waals surface area (Å²) in [5.41, 5.74) is 7.93.